The summed E-state index contributed by atoms with van der Waals surface area (Å²) in [5.41, 5.74) is 2.50. The number of carbonyl (C=O) groups is 1. The van der Waals surface area contributed by atoms with Crippen molar-refractivity contribution in [2.24, 2.45) is 0 Å². The van der Waals surface area contributed by atoms with Gasteiger partial charge in [0.2, 0.25) is 11.0 Å². The fraction of sp³-hybridized carbons (Fsp3) is 0.105. The van der Waals surface area contributed by atoms with Crippen LogP contribution in [0.25, 0.3) is 5.65 Å². The Kier molecular flexibility index (Phi) is 5.98. The van der Waals surface area contributed by atoms with E-state index in [-0.39, 0.29) is 11.5 Å². The van der Waals surface area contributed by atoms with Crippen molar-refractivity contribution in [2.45, 2.75) is 17.0 Å². The van der Waals surface area contributed by atoms with Gasteiger partial charge in [-0.15, -0.1) is 10.2 Å². The Labute approximate surface area is 184 Å². The molecule has 0 aliphatic heterocycles. The van der Waals surface area contributed by atoms with E-state index < -0.39 is 0 Å². The van der Waals surface area contributed by atoms with Gasteiger partial charge in [-0.3, -0.25) is 14.0 Å². The Morgan fingerprint density at radius 3 is 2.87 bits per heavy atom. The highest BCUT2D eigenvalue weighted by atomic mass is 35.5. The highest BCUT2D eigenvalue weighted by Crippen LogP contribution is 2.30. The van der Waals surface area contributed by atoms with Gasteiger partial charge in [0, 0.05) is 36.3 Å². The molecular formula is C19H15ClN6O2S2. The summed E-state index contributed by atoms with van der Waals surface area (Å²) >= 11 is 8.77. The molecule has 11 heteroatoms. The molecule has 1 aromatic carbocycles. The summed E-state index contributed by atoms with van der Waals surface area (Å²) in [7, 11) is 0. The van der Waals surface area contributed by atoms with Crippen LogP contribution in [0.5, 0.6) is 0 Å². The van der Waals surface area contributed by atoms with E-state index in [1.165, 1.54) is 40.5 Å². The van der Waals surface area contributed by atoms with Crippen molar-refractivity contribution in [1.82, 2.24) is 19.6 Å². The predicted octanol–water partition coefficient (Wildman–Crippen LogP) is 4.19. The largest absolute Gasteiger partial charge is 0.330 e. The zero-order valence-electron chi connectivity index (χ0n) is 15.6. The lowest BCUT2D eigenvalue weighted by atomic mass is 10.3. The fourth-order valence-corrected chi connectivity index (χ4v) is 4.48. The Hall–Kier alpha value is -2.95. The number of aromatic nitrogens is 4. The fourth-order valence-electron chi connectivity index (χ4n) is 2.66. The molecule has 0 saturated carbocycles. The van der Waals surface area contributed by atoms with Gasteiger partial charge in [-0.1, -0.05) is 40.8 Å². The number of halogens is 1. The third-order valence-corrected chi connectivity index (χ3v) is 6.09. The lowest BCUT2D eigenvalue weighted by molar-refractivity contribution is -0.114. The number of fused-ring (bicyclic) bond motifs is 1. The van der Waals surface area contributed by atoms with Crippen molar-refractivity contribution >= 4 is 62.8 Å². The molecule has 0 atom stereocenters. The van der Waals surface area contributed by atoms with Gasteiger partial charge in [0.1, 0.15) is 5.65 Å². The number of thioether (sulfide) groups is 1. The van der Waals surface area contributed by atoms with Crippen molar-refractivity contribution in [3.8, 4) is 0 Å². The molecule has 8 nitrogen and oxygen atoms in total. The molecule has 30 heavy (non-hydrogen) atoms. The van der Waals surface area contributed by atoms with Gasteiger partial charge in [-0.2, -0.15) is 0 Å². The van der Waals surface area contributed by atoms with E-state index >= 15 is 0 Å². The summed E-state index contributed by atoms with van der Waals surface area (Å²) in [6, 6.07) is 12.2. The van der Waals surface area contributed by atoms with Gasteiger partial charge >= 0.3 is 0 Å². The van der Waals surface area contributed by atoms with Gasteiger partial charge in [0.05, 0.1) is 10.7 Å². The van der Waals surface area contributed by atoms with Gasteiger partial charge in [0.25, 0.3) is 5.56 Å². The Morgan fingerprint density at radius 2 is 2.03 bits per heavy atom. The van der Waals surface area contributed by atoms with Gasteiger partial charge < -0.3 is 10.6 Å². The van der Waals surface area contributed by atoms with Crippen molar-refractivity contribution < 1.29 is 4.79 Å². The van der Waals surface area contributed by atoms with Crippen LogP contribution in [-0.4, -0.2) is 25.5 Å². The van der Waals surface area contributed by atoms with E-state index in [1.54, 1.807) is 24.4 Å². The van der Waals surface area contributed by atoms with E-state index in [9.17, 15) is 9.59 Å². The summed E-state index contributed by atoms with van der Waals surface area (Å²) in [5, 5.41) is 15.3. The number of hydrogen-bond acceptors (Lipinski definition) is 8. The van der Waals surface area contributed by atoms with Crippen molar-refractivity contribution in [2.75, 3.05) is 10.6 Å². The summed E-state index contributed by atoms with van der Waals surface area (Å²) in [6.07, 6.45) is 1.55. The maximum Gasteiger partial charge on any atom is 0.258 e. The van der Waals surface area contributed by atoms with E-state index in [0.29, 0.717) is 32.9 Å². The molecule has 0 spiro atoms. The molecule has 3 aromatic heterocycles. The number of nitrogens with one attached hydrogen (secondary N) is 2. The number of carbonyl (C=O) groups excluding carboxylic acids is 1. The van der Waals surface area contributed by atoms with E-state index in [2.05, 4.69) is 25.8 Å². The Morgan fingerprint density at radius 1 is 1.20 bits per heavy atom. The topological polar surface area (TPSA) is 101 Å². The summed E-state index contributed by atoms with van der Waals surface area (Å²) in [6.45, 7) is 1.46. The van der Waals surface area contributed by atoms with Crippen LogP contribution in [0.1, 0.15) is 12.6 Å². The maximum atomic E-state index is 12.3. The lowest BCUT2D eigenvalue weighted by Gasteiger charge is -2.05. The maximum absolute atomic E-state index is 12.3. The molecule has 4 aromatic rings. The van der Waals surface area contributed by atoms with Gasteiger partial charge in [-0.25, -0.2) is 4.98 Å². The van der Waals surface area contributed by atoms with Crippen LogP contribution in [0.4, 0.5) is 16.5 Å². The van der Waals surface area contributed by atoms with Crippen molar-refractivity contribution in [3.05, 3.63) is 69.7 Å². The molecule has 4 rings (SSSR count). The lowest BCUT2D eigenvalue weighted by Crippen LogP contribution is -2.14. The highest BCUT2D eigenvalue weighted by Gasteiger charge is 2.09. The molecule has 3 heterocycles. The zero-order valence-corrected chi connectivity index (χ0v) is 18.0. The minimum absolute atomic E-state index is 0.133. The summed E-state index contributed by atoms with van der Waals surface area (Å²) < 4.78 is 2.16. The number of anilines is 3. The quantitative estimate of drug-likeness (QED) is 0.417. The predicted molar refractivity (Wildman–Crippen MR) is 120 cm³/mol. The zero-order chi connectivity index (χ0) is 21.1. The van der Waals surface area contributed by atoms with Crippen LogP contribution in [0.15, 0.2) is 57.8 Å². The normalized spacial score (nSPS) is 10.9. The number of hydrogen-bond donors (Lipinski definition) is 2. The first-order valence-electron chi connectivity index (χ1n) is 8.75. The molecule has 0 bridgehead atoms. The molecule has 152 valence electrons. The van der Waals surface area contributed by atoms with Crippen LogP contribution in [0.2, 0.25) is 5.02 Å². The first kappa shape index (κ1) is 20.3. The average molecular weight is 459 g/mol. The SMILES string of the molecule is CC(=O)Nc1cccc(Nc2nnc(SCc3cc(=O)n4cc(Cl)ccc4n3)s2)c1. The molecule has 2 N–H and O–H groups in total. The second-order valence-electron chi connectivity index (χ2n) is 6.21. The average Bonchev–Trinajstić information content (AvgIpc) is 3.14. The first-order chi connectivity index (χ1) is 14.5. The summed E-state index contributed by atoms with van der Waals surface area (Å²) in [4.78, 5) is 27.9. The van der Waals surface area contributed by atoms with Crippen LogP contribution in [0, 0.1) is 0 Å². The molecular weight excluding hydrogens is 444 g/mol. The number of rotatable bonds is 6. The molecule has 0 fully saturated rings. The monoisotopic (exact) mass is 458 g/mol. The molecule has 0 unspecified atom stereocenters. The van der Waals surface area contributed by atoms with Gasteiger partial charge in [-0.05, 0) is 30.3 Å². The number of amides is 1. The second-order valence-corrected chi connectivity index (χ2v) is 8.85. The van der Waals surface area contributed by atoms with E-state index in [0.717, 1.165) is 10.0 Å². The van der Waals surface area contributed by atoms with Gasteiger partial charge in [0.15, 0.2) is 4.34 Å². The van der Waals surface area contributed by atoms with Crippen LogP contribution in [-0.2, 0) is 10.5 Å². The van der Waals surface area contributed by atoms with E-state index in [4.69, 9.17) is 11.6 Å². The standard InChI is InChI=1S/C19H15ClN6O2S2/c1-11(27)21-13-3-2-4-14(7-13)23-18-24-25-19(30-18)29-10-15-8-17(28)26-9-12(20)5-6-16(26)22-15/h2-9H,10H2,1H3,(H,21,27)(H,23,24). The Balaban J connectivity index is 1.43. The van der Waals surface area contributed by atoms with Crippen LogP contribution < -0.4 is 16.2 Å². The number of pyridine rings is 1. The third kappa shape index (κ3) is 4.96. The first-order valence-corrected chi connectivity index (χ1v) is 10.9. The molecule has 1 amide bonds. The number of benzene rings is 1. The summed E-state index contributed by atoms with van der Waals surface area (Å²) in [5.74, 6) is 0.355. The smallest absolute Gasteiger partial charge is 0.258 e. The Bertz CT molecular complexity index is 1290. The third-order valence-electron chi connectivity index (χ3n) is 3.86. The minimum atomic E-state index is -0.184. The minimum Gasteiger partial charge on any atom is -0.330 e. The number of nitrogens with zero attached hydrogens (tertiary/aromatic N) is 4. The molecule has 0 aliphatic carbocycles. The second kappa shape index (κ2) is 8.82. The highest BCUT2D eigenvalue weighted by molar-refractivity contribution is 8.00. The van der Waals surface area contributed by atoms with Crippen molar-refractivity contribution in [1.29, 1.82) is 0 Å². The molecule has 0 radical (unpaired) electrons. The van der Waals surface area contributed by atoms with E-state index in [1.807, 2.05) is 18.2 Å². The van der Waals surface area contributed by atoms with Crippen LogP contribution >= 0.6 is 34.7 Å². The molecule has 0 aliphatic rings. The van der Waals surface area contributed by atoms with Crippen molar-refractivity contribution in [3.63, 3.8) is 0 Å². The van der Waals surface area contributed by atoms with Crippen LogP contribution in [0.3, 0.4) is 0 Å². The molecule has 0 saturated heterocycles.